The van der Waals surface area contributed by atoms with Crippen LogP contribution in [0.25, 0.3) is 0 Å². The van der Waals surface area contributed by atoms with E-state index in [0.717, 1.165) is 13.1 Å². The van der Waals surface area contributed by atoms with Crippen molar-refractivity contribution >= 4 is 11.8 Å². The number of carbonyl (C=O) groups excluding carboxylic acids is 1. The van der Waals surface area contributed by atoms with Crippen molar-refractivity contribution in [3.05, 3.63) is 58.6 Å². The van der Waals surface area contributed by atoms with Crippen molar-refractivity contribution in [1.82, 2.24) is 15.1 Å². The lowest BCUT2D eigenvalue weighted by Crippen LogP contribution is -2.50. The van der Waals surface area contributed by atoms with E-state index in [2.05, 4.69) is 5.32 Å². The fraction of sp³-hybridized carbons (Fsp3) is 0.368. The quantitative estimate of drug-likeness (QED) is 0.545. The van der Waals surface area contributed by atoms with Gasteiger partial charge < -0.3 is 25.0 Å². The van der Waals surface area contributed by atoms with E-state index in [1.165, 1.54) is 6.08 Å². The van der Waals surface area contributed by atoms with Crippen molar-refractivity contribution in [2.24, 2.45) is 5.92 Å². The molecule has 140 valence electrons. The molecule has 0 aromatic heterocycles. The molecule has 7 nitrogen and oxygen atoms in total. The molecular formula is C19H18FN3O4. The molecular weight excluding hydrogens is 353 g/mol. The topological polar surface area (TPSA) is 82.1 Å². The summed E-state index contributed by atoms with van der Waals surface area (Å²) >= 11 is 0. The summed E-state index contributed by atoms with van der Waals surface area (Å²) in [5.41, 5.74) is 0.563. The largest absolute Gasteiger partial charge is 0.478 e. The minimum absolute atomic E-state index is 0.0931. The van der Waals surface area contributed by atoms with E-state index in [1.807, 2.05) is 28.0 Å². The molecule has 0 spiro atoms. The van der Waals surface area contributed by atoms with Crippen LogP contribution in [0.15, 0.2) is 58.6 Å². The van der Waals surface area contributed by atoms with Gasteiger partial charge in [-0.3, -0.25) is 4.79 Å². The molecule has 5 rings (SSSR count). The fourth-order valence-corrected chi connectivity index (χ4v) is 4.32. The van der Waals surface area contributed by atoms with E-state index < -0.39 is 23.6 Å². The number of ether oxygens (including phenoxy) is 1. The Morgan fingerprint density at radius 3 is 2.85 bits per heavy atom. The first-order valence-corrected chi connectivity index (χ1v) is 8.99. The zero-order chi connectivity index (χ0) is 18.7. The highest BCUT2D eigenvalue weighted by molar-refractivity contribution is 6.25. The number of piperazine rings is 1. The summed E-state index contributed by atoms with van der Waals surface area (Å²) in [6, 6.07) is -0.405. The maximum Gasteiger partial charge on any atom is 0.339 e. The monoisotopic (exact) mass is 371 g/mol. The van der Waals surface area contributed by atoms with Gasteiger partial charge in [-0.15, -0.1) is 0 Å². The Bertz CT molecular complexity index is 908. The fourth-order valence-electron chi connectivity index (χ4n) is 4.32. The summed E-state index contributed by atoms with van der Waals surface area (Å²) in [6.45, 7) is 3.39. The van der Waals surface area contributed by atoms with Crippen molar-refractivity contribution in [3.8, 4) is 0 Å². The molecule has 5 aliphatic rings. The van der Waals surface area contributed by atoms with Gasteiger partial charge in [-0.1, -0.05) is 12.2 Å². The Morgan fingerprint density at radius 1 is 1.33 bits per heavy atom. The molecule has 2 N–H and O–H groups in total. The van der Waals surface area contributed by atoms with Gasteiger partial charge in [0, 0.05) is 38.6 Å². The van der Waals surface area contributed by atoms with Crippen LogP contribution in [0.5, 0.6) is 0 Å². The lowest BCUT2D eigenvalue weighted by Gasteiger charge is -2.46. The summed E-state index contributed by atoms with van der Waals surface area (Å²) < 4.78 is 21.2. The molecule has 0 amide bonds. The van der Waals surface area contributed by atoms with Crippen molar-refractivity contribution in [1.29, 1.82) is 0 Å². The van der Waals surface area contributed by atoms with Crippen LogP contribution in [0.3, 0.4) is 0 Å². The number of carbonyl (C=O) groups is 2. The SMILES string of the molecule is O=C(O)C1=CC2=C(OC3=C(F)C(N4CCNCC4)=CC4C=CCN2C34)C1=O. The molecule has 2 atom stereocenters. The third kappa shape index (κ3) is 2.29. The maximum absolute atomic E-state index is 15.4. The molecule has 2 unspecified atom stereocenters. The Labute approximate surface area is 154 Å². The second-order valence-electron chi connectivity index (χ2n) is 7.08. The first-order chi connectivity index (χ1) is 13.1. The standard InChI is InChI=1S/C19H18FN3O4/c20-14-12(22-6-3-21-4-7-22)8-10-2-1-5-23-13-9-11(19(25)26)16(24)17(13)27-18(14)15(10)23/h1-2,8-10,15,21H,3-7H2,(H,25,26). The van der Waals surface area contributed by atoms with Crippen molar-refractivity contribution in [3.63, 3.8) is 0 Å². The number of ketones is 1. The smallest absolute Gasteiger partial charge is 0.339 e. The van der Waals surface area contributed by atoms with Gasteiger partial charge in [0.15, 0.2) is 17.3 Å². The third-order valence-corrected chi connectivity index (χ3v) is 5.60. The van der Waals surface area contributed by atoms with Gasteiger partial charge in [0.1, 0.15) is 11.6 Å². The summed E-state index contributed by atoms with van der Waals surface area (Å²) in [5, 5.41) is 12.5. The number of Topliss-reactive ketones (excluding diaryl/α,β-unsaturated/α-hetero) is 1. The lowest BCUT2D eigenvalue weighted by atomic mass is 9.85. The number of hydrogen-bond donors (Lipinski definition) is 2. The Kier molecular flexibility index (Phi) is 3.51. The highest BCUT2D eigenvalue weighted by Crippen LogP contribution is 2.45. The number of fused-ring (bicyclic) bond motifs is 1. The first kappa shape index (κ1) is 16.3. The maximum atomic E-state index is 15.4. The first-order valence-electron chi connectivity index (χ1n) is 8.99. The highest BCUT2D eigenvalue weighted by Gasteiger charge is 2.48. The number of carboxylic acids is 1. The van der Waals surface area contributed by atoms with Gasteiger partial charge in [0.25, 0.3) is 0 Å². The van der Waals surface area contributed by atoms with Crippen LogP contribution < -0.4 is 5.32 Å². The average molecular weight is 371 g/mol. The summed E-state index contributed by atoms with van der Waals surface area (Å²) in [5.74, 6) is -2.58. The average Bonchev–Trinajstić information content (AvgIpc) is 3.02. The van der Waals surface area contributed by atoms with Gasteiger partial charge >= 0.3 is 5.97 Å². The van der Waals surface area contributed by atoms with E-state index in [4.69, 9.17) is 4.74 Å². The van der Waals surface area contributed by atoms with E-state index in [-0.39, 0.29) is 23.0 Å². The zero-order valence-corrected chi connectivity index (χ0v) is 14.4. The number of nitrogens with one attached hydrogen (secondary N) is 1. The van der Waals surface area contributed by atoms with Crippen LogP contribution in [0.2, 0.25) is 0 Å². The number of rotatable bonds is 2. The van der Waals surface area contributed by atoms with Crippen molar-refractivity contribution in [2.75, 3.05) is 32.7 Å². The minimum Gasteiger partial charge on any atom is -0.478 e. The number of allylic oxidation sites excluding steroid dienone is 3. The van der Waals surface area contributed by atoms with Gasteiger partial charge in [-0.05, 0) is 12.2 Å². The van der Waals surface area contributed by atoms with Gasteiger partial charge in [-0.2, -0.15) is 0 Å². The molecule has 0 aromatic rings. The molecule has 3 aliphatic heterocycles. The molecule has 0 aromatic carbocycles. The Morgan fingerprint density at radius 2 is 2.11 bits per heavy atom. The predicted octanol–water partition coefficient (Wildman–Crippen LogP) is 0.662. The predicted molar refractivity (Wildman–Crippen MR) is 92.6 cm³/mol. The minimum atomic E-state index is -1.31. The molecule has 27 heavy (non-hydrogen) atoms. The highest BCUT2D eigenvalue weighted by atomic mass is 19.1. The van der Waals surface area contributed by atoms with E-state index >= 15 is 4.39 Å². The molecule has 0 bridgehead atoms. The second-order valence-corrected chi connectivity index (χ2v) is 7.08. The molecule has 3 heterocycles. The molecule has 0 radical (unpaired) electrons. The molecule has 8 heteroatoms. The van der Waals surface area contributed by atoms with Gasteiger partial charge in [0.05, 0.1) is 11.4 Å². The van der Waals surface area contributed by atoms with E-state index in [9.17, 15) is 14.7 Å². The van der Waals surface area contributed by atoms with Crippen LogP contribution >= 0.6 is 0 Å². The normalized spacial score (nSPS) is 29.3. The van der Waals surface area contributed by atoms with Crippen molar-refractivity contribution < 1.29 is 23.8 Å². The number of halogens is 1. The third-order valence-electron chi connectivity index (χ3n) is 5.60. The zero-order valence-electron chi connectivity index (χ0n) is 14.4. The van der Waals surface area contributed by atoms with Crippen LogP contribution in [-0.4, -0.2) is 65.4 Å². The molecule has 2 aliphatic carbocycles. The summed E-state index contributed by atoms with van der Waals surface area (Å²) in [7, 11) is 0. The number of hydrogen-bond acceptors (Lipinski definition) is 6. The number of nitrogens with zero attached hydrogens (tertiary/aromatic N) is 2. The van der Waals surface area contributed by atoms with Crippen LogP contribution in [0.1, 0.15) is 0 Å². The second kappa shape index (κ2) is 5.82. The molecule has 1 saturated heterocycles. The molecule has 1 fully saturated rings. The summed E-state index contributed by atoms with van der Waals surface area (Å²) in [6.07, 6.45) is 7.22. The van der Waals surface area contributed by atoms with Gasteiger partial charge in [-0.25, -0.2) is 9.18 Å². The van der Waals surface area contributed by atoms with Crippen LogP contribution in [0, 0.1) is 5.92 Å². The van der Waals surface area contributed by atoms with Crippen molar-refractivity contribution in [2.45, 2.75) is 6.04 Å². The van der Waals surface area contributed by atoms with Crippen LogP contribution in [0.4, 0.5) is 4.39 Å². The van der Waals surface area contributed by atoms with E-state index in [0.29, 0.717) is 31.0 Å². The Balaban J connectivity index is 1.59. The number of carboxylic acid groups (broad SMARTS) is 1. The Hall–Kier alpha value is -2.87. The lowest BCUT2D eigenvalue weighted by molar-refractivity contribution is -0.134. The van der Waals surface area contributed by atoms with Crippen LogP contribution in [-0.2, 0) is 14.3 Å². The van der Waals surface area contributed by atoms with Gasteiger partial charge in [0.2, 0.25) is 5.78 Å². The molecule has 0 saturated carbocycles. The number of aliphatic carboxylic acids is 1. The summed E-state index contributed by atoms with van der Waals surface area (Å²) in [4.78, 5) is 27.6. The van der Waals surface area contributed by atoms with E-state index in [1.54, 1.807) is 0 Å².